The van der Waals surface area contributed by atoms with E-state index in [0.717, 1.165) is 0 Å². The van der Waals surface area contributed by atoms with E-state index in [2.05, 4.69) is 4.98 Å². The first kappa shape index (κ1) is 15.6. The number of hydrogen-bond acceptors (Lipinski definition) is 4. The van der Waals surface area contributed by atoms with E-state index in [9.17, 15) is 8.42 Å². The molecule has 0 radical (unpaired) electrons. The molecule has 0 spiro atoms. The van der Waals surface area contributed by atoms with Crippen LogP contribution in [0.3, 0.4) is 0 Å². The van der Waals surface area contributed by atoms with Crippen molar-refractivity contribution in [3.8, 4) is 0 Å². The van der Waals surface area contributed by atoms with Gasteiger partial charge in [0.15, 0.2) is 11.5 Å². The molecule has 5 nitrogen and oxygen atoms in total. The molecule has 0 fully saturated rings. The molecule has 8 heteroatoms. The molecular weight excluding hydrogens is 347 g/mol. The summed E-state index contributed by atoms with van der Waals surface area (Å²) in [5.41, 5.74) is 1.73. The van der Waals surface area contributed by atoms with E-state index in [0.29, 0.717) is 22.6 Å². The predicted octanol–water partition coefficient (Wildman–Crippen LogP) is 2.92. The average molecular weight is 359 g/mol. The molecule has 0 saturated heterocycles. The molecule has 22 heavy (non-hydrogen) atoms. The van der Waals surface area contributed by atoms with Crippen molar-refractivity contribution in [3.05, 3.63) is 52.9 Å². The number of nitrogens with zero attached hydrogens (tertiary/aromatic N) is 1. The van der Waals surface area contributed by atoms with Crippen LogP contribution in [0.2, 0.25) is 0 Å². The number of halogens is 2. The molecule has 2 unspecified atom stereocenters. The quantitative estimate of drug-likeness (QED) is 0.836. The number of oxazole rings is 1. The summed E-state index contributed by atoms with van der Waals surface area (Å²) in [6.45, 7) is 1.73. The first-order valence-electron chi connectivity index (χ1n) is 6.35. The van der Waals surface area contributed by atoms with Gasteiger partial charge < -0.3 is 4.42 Å². The molecule has 1 aliphatic carbocycles. The largest absolute Gasteiger partial charge is 0.441 e. The second kappa shape index (κ2) is 5.09. The number of hydrogen-bond donors (Lipinski definition) is 1. The summed E-state index contributed by atoms with van der Waals surface area (Å²) in [6.07, 6.45) is 4.40. The Morgan fingerprint density at radius 1 is 1.41 bits per heavy atom. The third-order valence-electron chi connectivity index (χ3n) is 3.50. The van der Waals surface area contributed by atoms with Crippen LogP contribution in [-0.4, -0.2) is 18.7 Å². The molecule has 0 aliphatic heterocycles. The highest BCUT2D eigenvalue weighted by atomic mass is 35.5. The maximum Gasteiger partial charge on any atom is 0.218 e. The van der Waals surface area contributed by atoms with Crippen LogP contribution in [0.5, 0.6) is 0 Å². The van der Waals surface area contributed by atoms with Crippen LogP contribution in [0.15, 0.2) is 45.9 Å². The fourth-order valence-corrected chi connectivity index (χ4v) is 4.40. The predicted molar refractivity (Wildman–Crippen MR) is 86.2 cm³/mol. The number of aryl methyl sites for hydroxylation is 1. The zero-order valence-corrected chi connectivity index (χ0v) is 13.8. The van der Waals surface area contributed by atoms with E-state index in [4.69, 9.17) is 32.8 Å². The Hall–Kier alpha value is -1.34. The van der Waals surface area contributed by atoms with Gasteiger partial charge in [0.05, 0.1) is 0 Å². The molecule has 116 valence electrons. The summed E-state index contributed by atoms with van der Waals surface area (Å²) in [6, 6.07) is 5.09. The maximum atomic E-state index is 11.9. The first-order valence-corrected chi connectivity index (χ1v) is 8.71. The number of sulfonamides is 1. The summed E-state index contributed by atoms with van der Waals surface area (Å²) < 4.78 is 29.3. The molecule has 1 heterocycles. The smallest absolute Gasteiger partial charge is 0.218 e. The topological polar surface area (TPSA) is 86.2 Å². The van der Waals surface area contributed by atoms with Crippen LogP contribution in [0, 0.1) is 6.92 Å². The first-order chi connectivity index (χ1) is 10.2. The Labute approximate surface area is 137 Å². The molecule has 1 aromatic heterocycles. The highest BCUT2D eigenvalue weighted by Crippen LogP contribution is 2.42. The van der Waals surface area contributed by atoms with Gasteiger partial charge in [-0.1, -0.05) is 23.7 Å². The van der Waals surface area contributed by atoms with Crippen molar-refractivity contribution in [1.82, 2.24) is 4.98 Å². The fraction of sp³-hybridized carbons (Fsp3) is 0.214. The van der Waals surface area contributed by atoms with Gasteiger partial charge in [-0.25, -0.2) is 18.5 Å². The number of aromatic nitrogens is 1. The third-order valence-corrected chi connectivity index (χ3v) is 5.68. The molecule has 0 saturated carbocycles. The molecule has 0 bridgehead atoms. The van der Waals surface area contributed by atoms with Gasteiger partial charge in [0.1, 0.15) is 15.6 Å². The summed E-state index contributed by atoms with van der Waals surface area (Å²) in [5, 5.41) is 4.41. The van der Waals surface area contributed by atoms with Crippen molar-refractivity contribution in [3.63, 3.8) is 0 Å². The van der Waals surface area contributed by atoms with Crippen LogP contribution in [-0.2, 0) is 14.9 Å². The van der Waals surface area contributed by atoms with Gasteiger partial charge in [-0.15, -0.1) is 11.6 Å². The second-order valence-electron chi connectivity index (χ2n) is 5.08. The van der Waals surface area contributed by atoms with E-state index in [-0.39, 0.29) is 5.03 Å². The Bertz CT molecular complexity index is 917. The highest BCUT2D eigenvalue weighted by molar-refractivity contribution is 7.90. The number of benzene rings is 1. The number of primary sulfonamides is 1. The Morgan fingerprint density at radius 2 is 2.14 bits per heavy atom. The van der Waals surface area contributed by atoms with Crippen LogP contribution in [0.1, 0.15) is 11.5 Å². The Kier molecular flexibility index (Phi) is 3.60. The minimum Gasteiger partial charge on any atom is -0.441 e. The summed E-state index contributed by atoms with van der Waals surface area (Å²) in [7, 11) is -3.95. The molecule has 3 rings (SSSR count). The monoisotopic (exact) mass is 358 g/mol. The van der Waals surface area contributed by atoms with Crippen LogP contribution < -0.4 is 5.14 Å². The maximum absolute atomic E-state index is 11.9. The lowest BCUT2D eigenvalue weighted by Crippen LogP contribution is -2.42. The second-order valence-corrected chi connectivity index (χ2v) is 7.83. The molecule has 2 N–H and O–H groups in total. The standard InChI is InChI=1S/C14H12Cl2N2O3S/c1-8-18-11-3-2-9(6-12(11)21-8)14(16)5-4-10(15)7-13(14)22(17,19)20/h2-7,13H,1H3,(H2,17,19,20). The van der Waals surface area contributed by atoms with Gasteiger partial charge in [0.2, 0.25) is 10.0 Å². The van der Waals surface area contributed by atoms with Gasteiger partial charge in [-0.3, -0.25) is 0 Å². The molecule has 2 atom stereocenters. The molecule has 0 amide bonds. The summed E-state index contributed by atoms with van der Waals surface area (Å²) >= 11 is 12.5. The van der Waals surface area contributed by atoms with Crippen molar-refractivity contribution in [2.45, 2.75) is 17.0 Å². The van der Waals surface area contributed by atoms with Crippen LogP contribution in [0.25, 0.3) is 11.1 Å². The fourth-order valence-electron chi connectivity index (χ4n) is 2.49. The van der Waals surface area contributed by atoms with Gasteiger partial charge in [0, 0.05) is 12.0 Å². The van der Waals surface area contributed by atoms with Gasteiger partial charge >= 0.3 is 0 Å². The minimum atomic E-state index is -3.95. The lowest BCUT2D eigenvalue weighted by atomic mass is 9.90. The molecule has 2 aromatic rings. The Balaban J connectivity index is 2.19. The van der Waals surface area contributed by atoms with E-state index < -0.39 is 20.1 Å². The lowest BCUT2D eigenvalue weighted by molar-refractivity contribution is 0.559. The van der Waals surface area contributed by atoms with Crippen molar-refractivity contribution < 1.29 is 12.8 Å². The van der Waals surface area contributed by atoms with E-state index >= 15 is 0 Å². The highest BCUT2D eigenvalue weighted by Gasteiger charge is 2.44. The number of rotatable bonds is 2. The summed E-state index contributed by atoms with van der Waals surface area (Å²) in [5.74, 6) is 0.515. The Morgan fingerprint density at radius 3 is 2.82 bits per heavy atom. The number of allylic oxidation sites excluding steroid dienone is 3. The number of alkyl halides is 1. The van der Waals surface area contributed by atoms with Gasteiger partial charge in [-0.05, 0) is 29.8 Å². The van der Waals surface area contributed by atoms with Gasteiger partial charge in [0.25, 0.3) is 0 Å². The van der Waals surface area contributed by atoms with Crippen molar-refractivity contribution in [2.24, 2.45) is 5.14 Å². The number of fused-ring (bicyclic) bond motifs is 1. The van der Waals surface area contributed by atoms with Crippen molar-refractivity contribution >= 4 is 44.3 Å². The van der Waals surface area contributed by atoms with Crippen molar-refractivity contribution in [1.29, 1.82) is 0 Å². The molecule has 1 aliphatic rings. The normalized spacial score (nSPS) is 25.5. The number of nitrogens with two attached hydrogens (primary N) is 1. The van der Waals surface area contributed by atoms with Crippen LogP contribution in [0.4, 0.5) is 0 Å². The van der Waals surface area contributed by atoms with E-state index in [1.807, 2.05) is 0 Å². The van der Waals surface area contributed by atoms with Gasteiger partial charge in [-0.2, -0.15) is 0 Å². The SMILES string of the molecule is Cc1nc2ccc(C3(Cl)C=CC(Cl)=CC3S(N)(=O)=O)cc2o1. The minimum absolute atomic E-state index is 0.270. The summed E-state index contributed by atoms with van der Waals surface area (Å²) in [4.78, 5) is 2.84. The zero-order chi connectivity index (χ0) is 16.1. The average Bonchev–Trinajstić information content (AvgIpc) is 2.79. The lowest BCUT2D eigenvalue weighted by Gasteiger charge is -2.32. The third kappa shape index (κ3) is 2.56. The van der Waals surface area contributed by atoms with E-state index in [1.165, 1.54) is 12.2 Å². The zero-order valence-electron chi connectivity index (χ0n) is 11.5. The van der Waals surface area contributed by atoms with Crippen molar-refractivity contribution in [2.75, 3.05) is 0 Å². The molecular formula is C14H12Cl2N2O3S. The molecule has 1 aromatic carbocycles. The van der Waals surface area contributed by atoms with Crippen LogP contribution >= 0.6 is 23.2 Å². The van der Waals surface area contributed by atoms with E-state index in [1.54, 1.807) is 31.2 Å².